The Balaban J connectivity index is 1.64. The van der Waals surface area contributed by atoms with E-state index in [9.17, 15) is 9.59 Å². The van der Waals surface area contributed by atoms with Crippen molar-refractivity contribution < 1.29 is 14.3 Å². The van der Waals surface area contributed by atoms with Gasteiger partial charge in [-0.2, -0.15) is 0 Å². The maximum Gasteiger partial charge on any atom is 0.270 e. The van der Waals surface area contributed by atoms with Crippen LogP contribution in [0.2, 0.25) is 15.1 Å². The molecular formula is C23H13Cl3N2O3S. The molecule has 0 aromatic heterocycles. The minimum atomic E-state index is -0.585. The van der Waals surface area contributed by atoms with Crippen molar-refractivity contribution >= 4 is 75.7 Å². The summed E-state index contributed by atoms with van der Waals surface area (Å²) in [6.07, 6.45) is 1.47. The number of hydrogen-bond acceptors (Lipinski definition) is 4. The van der Waals surface area contributed by atoms with Crippen LogP contribution in [0.25, 0.3) is 6.08 Å². The van der Waals surface area contributed by atoms with E-state index in [2.05, 4.69) is 5.32 Å². The lowest BCUT2D eigenvalue weighted by molar-refractivity contribution is -0.122. The number of hydrogen-bond donors (Lipinski definition) is 1. The fourth-order valence-corrected chi connectivity index (χ4v) is 3.95. The zero-order valence-corrected chi connectivity index (χ0v) is 19.2. The van der Waals surface area contributed by atoms with Crippen molar-refractivity contribution in [2.24, 2.45) is 0 Å². The molecule has 4 rings (SSSR count). The molecule has 2 amide bonds. The van der Waals surface area contributed by atoms with E-state index in [0.29, 0.717) is 37.8 Å². The van der Waals surface area contributed by atoms with Crippen LogP contribution in [0.5, 0.6) is 11.5 Å². The Bertz CT molecular complexity index is 1260. The zero-order valence-electron chi connectivity index (χ0n) is 16.1. The lowest BCUT2D eigenvalue weighted by atomic mass is 10.1. The molecule has 9 heteroatoms. The van der Waals surface area contributed by atoms with Crippen LogP contribution in [0.15, 0.2) is 72.3 Å². The Morgan fingerprint density at radius 3 is 2.22 bits per heavy atom. The second-order valence-electron chi connectivity index (χ2n) is 6.71. The van der Waals surface area contributed by atoms with Gasteiger partial charge in [-0.1, -0.05) is 46.9 Å². The topological polar surface area (TPSA) is 58.6 Å². The van der Waals surface area contributed by atoms with Crippen LogP contribution in [0.3, 0.4) is 0 Å². The second kappa shape index (κ2) is 9.30. The Kier molecular flexibility index (Phi) is 6.48. The van der Waals surface area contributed by atoms with Gasteiger partial charge in [-0.25, -0.2) is 0 Å². The van der Waals surface area contributed by atoms with Crippen LogP contribution in [-0.2, 0) is 9.59 Å². The van der Waals surface area contributed by atoms with E-state index >= 15 is 0 Å². The first-order valence-electron chi connectivity index (χ1n) is 9.21. The van der Waals surface area contributed by atoms with Gasteiger partial charge in [0, 0.05) is 15.1 Å². The average Bonchev–Trinajstić information content (AvgIpc) is 2.72. The van der Waals surface area contributed by atoms with Gasteiger partial charge in [0.25, 0.3) is 11.8 Å². The maximum atomic E-state index is 13.1. The minimum Gasteiger partial charge on any atom is -0.457 e. The van der Waals surface area contributed by atoms with E-state index in [-0.39, 0.29) is 10.7 Å². The molecule has 0 unspecified atom stereocenters. The van der Waals surface area contributed by atoms with Gasteiger partial charge in [0.05, 0.1) is 5.69 Å². The van der Waals surface area contributed by atoms with Crippen LogP contribution in [0.4, 0.5) is 5.69 Å². The van der Waals surface area contributed by atoms with Gasteiger partial charge in [-0.15, -0.1) is 0 Å². The Morgan fingerprint density at radius 1 is 0.844 bits per heavy atom. The smallest absolute Gasteiger partial charge is 0.270 e. The molecule has 5 nitrogen and oxygen atoms in total. The first kappa shape index (κ1) is 22.3. The van der Waals surface area contributed by atoms with Gasteiger partial charge in [0.2, 0.25) is 0 Å². The number of carbonyl (C=O) groups is 2. The van der Waals surface area contributed by atoms with Crippen LogP contribution in [-0.4, -0.2) is 16.9 Å². The summed E-state index contributed by atoms with van der Waals surface area (Å²) < 4.78 is 5.81. The summed E-state index contributed by atoms with van der Waals surface area (Å²) in [6.45, 7) is 0. The molecular weight excluding hydrogens is 491 g/mol. The van der Waals surface area contributed by atoms with E-state index < -0.39 is 11.8 Å². The monoisotopic (exact) mass is 502 g/mol. The van der Waals surface area contributed by atoms with Crippen LogP contribution >= 0.6 is 47.0 Å². The van der Waals surface area contributed by atoms with Crippen molar-refractivity contribution in [2.75, 3.05) is 4.90 Å². The lowest BCUT2D eigenvalue weighted by Crippen LogP contribution is -2.54. The van der Waals surface area contributed by atoms with Crippen LogP contribution < -0.4 is 15.0 Å². The zero-order chi connectivity index (χ0) is 22.8. The summed E-state index contributed by atoms with van der Waals surface area (Å²) >= 11 is 23.2. The Morgan fingerprint density at radius 2 is 1.53 bits per heavy atom. The first-order chi connectivity index (χ1) is 15.3. The van der Waals surface area contributed by atoms with Gasteiger partial charge in [0.15, 0.2) is 5.11 Å². The highest BCUT2D eigenvalue weighted by atomic mass is 35.5. The summed E-state index contributed by atoms with van der Waals surface area (Å²) in [5, 5.41) is 3.93. The predicted molar refractivity (Wildman–Crippen MR) is 131 cm³/mol. The number of ether oxygens (including phenoxy) is 1. The maximum absolute atomic E-state index is 13.1. The molecule has 3 aromatic carbocycles. The van der Waals surface area contributed by atoms with Gasteiger partial charge in [-0.3, -0.25) is 19.8 Å². The third-order valence-corrected chi connectivity index (χ3v) is 5.40. The molecule has 1 N–H and O–H groups in total. The standard InChI is InChI=1S/C23H13Cl3N2O3S/c24-14-4-6-17(7-5-14)28-22(30)20(21(29)27-23(28)32)9-13-2-1-3-18(8-13)31-19-11-15(25)10-16(26)12-19/h1-12H,(H,27,29,32). The van der Waals surface area contributed by atoms with Gasteiger partial charge >= 0.3 is 0 Å². The third kappa shape index (κ3) is 4.95. The molecule has 0 radical (unpaired) electrons. The molecule has 32 heavy (non-hydrogen) atoms. The number of amides is 2. The normalized spacial score (nSPS) is 15.2. The average molecular weight is 504 g/mol. The molecule has 3 aromatic rings. The van der Waals surface area contributed by atoms with Gasteiger partial charge in [0.1, 0.15) is 17.1 Å². The third-order valence-electron chi connectivity index (χ3n) is 4.43. The molecule has 0 atom stereocenters. The van der Waals surface area contributed by atoms with E-state index in [1.165, 1.54) is 11.0 Å². The minimum absolute atomic E-state index is 0.00519. The van der Waals surface area contributed by atoms with Crippen molar-refractivity contribution in [3.8, 4) is 11.5 Å². The van der Waals surface area contributed by atoms with Crippen molar-refractivity contribution in [1.29, 1.82) is 0 Å². The van der Waals surface area contributed by atoms with Crippen molar-refractivity contribution in [2.45, 2.75) is 0 Å². The van der Waals surface area contributed by atoms with Gasteiger partial charge in [-0.05, 0) is 78.5 Å². The number of nitrogens with one attached hydrogen (secondary N) is 1. The summed E-state index contributed by atoms with van der Waals surface area (Å²) in [5.74, 6) is -0.198. The highest BCUT2D eigenvalue weighted by molar-refractivity contribution is 7.80. The van der Waals surface area contributed by atoms with Crippen molar-refractivity contribution in [3.63, 3.8) is 0 Å². The summed E-state index contributed by atoms with van der Waals surface area (Å²) in [4.78, 5) is 26.9. The highest BCUT2D eigenvalue weighted by Crippen LogP contribution is 2.29. The molecule has 0 spiro atoms. The number of thiocarbonyl (C=S) groups is 1. The predicted octanol–water partition coefficient (Wildman–Crippen LogP) is 6.27. The number of carbonyl (C=O) groups excluding carboxylic acids is 2. The van der Waals surface area contributed by atoms with Crippen molar-refractivity contribution in [3.05, 3.63) is 92.9 Å². The highest BCUT2D eigenvalue weighted by Gasteiger charge is 2.34. The SMILES string of the molecule is O=C1NC(=S)N(c2ccc(Cl)cc2)C(=O)C1=Cc1cccc(Oc2cc(Cl)cc(Cl)c2)c1. The fourth-order valence-electron chi connectivity index (χ4n) is 3.04. The molecule has 160 valence electrons. The molecule has 0 aliphatic carbocycles. The second-order valence-corrected chi connectivity index (χ2v) is 8.41. The number of rotatable bonds is 4. The molecule has 1 heterocycles. The number of halogens is 3. The number of benzene rings is 3. The number of anilines is 1. The van der Waals surface area contributed by atoms with E-state index in [4.69, 9.17) is 51.8 Å². The van der Waals surface area contributed by atoms with E-state index in [0.717, 1.165) is 0 Å². The Labute approximate surface area is 204 Å². The lowest BCUT2D eigenvalue weighted by Gasteiger charge is -2.29. The molecule has 0 bridgehead atoms. The molecule has 1 aliphatic rings. The van der Waals surface area contributed by atoms with Crippen molar-refractivity contribution in [1.82, 2.24) is 5.32 Å². The van der Waals surface area contributed by atoms with E-state index in [1.54, 1.807) is 66.7 Å². The van der Waals surface area contributed by atoms with Crippen LogP contribution in [0.1, 0.15) is 5.56 Å². The number of nitrogens with zero attached hydrogens (tertiary/aromatic N) is 1. The molecule has 1 saturated heterocycles. The van der Waals surface area contributed by atoms with Crippen LogP contribution in [0, 0.1) is 0 Å². The molecule has 1 aliphatic heterocycles. The fraction of sp³-hybridized carbons (Fsp3) is 0. The first-order valence-corrected chi connectivity index (χ1v) is 10.8. The van der Waals surface area contributed by atoms with Gasteiger partial charge < -0.3 is 4.74 Å². The van der Waals surface area contributed by atoms with E-state index in [1.807, 2.05) is 0 Å². The molecule has 0 saturated carbocycles. The Hall–Kier alpha value is -2.90. The largest absolute Gasteiger partial charge is 0.457 e. The summed E-state index contributed by atoms with van der Waals surface area (Å²) in [7, 11) is 0. The summed E-state index contributed by atoms with van der Waals surface area (Å²) in [5.41, 5.74) is 1.000. The summed E-state index contributed by atoms with van der Waals surface area (Å²) in [6, 6.07) is 18.3. The molecule has 1 fully saturated rings. The quantitative estimate of drug-likeness (QED) is 0.259.